The van der Waals surface area contributed by atoms with Gasteiger partial charge in [-0.1, -0.05) is 36.4 Å². The van der Waals surface area contributed by atoms with Crippen molar-refractivity contribution >= 4 is 17.5 Å². The van der Waals surface area contributed by atoms with Gasteiger partial charge in [0.05, 0.1) is 5.69 Å². The van der Waals surface area contributed by atoms with Crippen LogP contribution < -0.4 is 4.90 Å². The molecule has 0 saturated carbocycles. The fourth-order valence-corrected chi connectivity index (χ4v) is 1.74. The molecule has 0 aliphatic heterocycles. The van der Waals surface area contributed by atoms with Crippen LogP contribution in [-0.2, 0) is 4.79 Å². The van der Waals surface area contributed by atoms with Crippen molar-refractivity contribution in [3.63, 3.8) is 0 Å². The number of hydrogen-bond donors (Lipinski definition) is 0. The standard InChI is InChI=1S/C15H10F3NO2/c16-15(17,18)14(21)19(12-9-5-2-6-10-12)13(20)11-7-3-1-4-8-11/h1-10H. The summed E-state index contributed by atoms with van der Waals surface area (Å²) in [5.74, 6) is -3.24. The summed E-state index contributed by atoms with van der Waals surface area (Å²) in [6.07, 6.45) is -5.14. The quantitative estimate of drug-likeness (QED) is 0.850. The maximum atomic E-state index is 12.7. The number of anilines is 1. The number of benzene rings is 2. The molecule has 0 N–H and O–H groups in total. The van der Waals surface area contributed by atoms with Crippen molar-refractivity contribution in [3.05, 3.63) is 66.2 Å². The van der Waals surface area contributed by atoms with E-state index in [9.17, 15) is 22.8 Å². The van der Waals surface area contributed by atoms with Gasteiger partial charge >= 0.3 is 12.1 Å². The number of carbonyl (C=O) groups is 2. The molecule has 0 bridgehead atoms. The summed E-state index contributed by atoms with van der Waals surface area (Å²) in [4.78, 5) is 23.9. The lowest BCUT2D eigenvalue weighted by Gasteiger charge is -2.22. The van der Waals surface area contributed by atoms with E-state index in [1.165, 1.54) is 48.5 Å². The third kappa shape index (κ3) is 3.28. The molecule has 0 saturated heterocycles. The van der Waals surface area contributed by atoms with E-state index in [0.717, 1.165) is 0 Å². The molecule has 0 unspecified atom stereocenters. The average Bonchev–Trinajstić information content (AvgIpc) is 2.48. The monoisotopic (exact) mass is 293 g/mol. The molecule has 0 spiro atoms. The maximum Gasteiger partial charge on any atom is 0.472 e. The normalized spacial score (nSPS) is 11.0. The molecular weight excluding hydrogens is 283 g/mol. The van der Waals surface area contributed by atoms with Crippen LogP contribution in [0.15, 0.2) is 60.7 Å². The Bertz CT molecular complexity index is 639. The van der Waals surface area contributed by atoms with Crippen molar-refractivity contribution in [1.82, 2.24) is 0 Å². The van der Waals surface area contributed by atoms with E-state index in [2.05, 4.69) is 0 Å². The SMILES string of the molecule is O=C(c1ccccc1)N(C(=O)C(F)(F)F)c1ccccc1. The van der Waals surface area contributed by atoms with Crippen LogP contribution in [0.25, 0.3) is 0 Å². The lowest BCUT2D eigenvalue weighted by Crippen LogP contribution is -2.45. The zero-order valence-corrected chi connectivity index (χ0v) is 10.7. The van der Waals surface area contributed by atoms with E-state index < -0.39 is 18.0 Å². The summed E-state index contributed by atoms with van der Waals surface area (Å²) in [5.41, 5.74) is -0.132. The molecule has 0 heterocycles. The second-order valence-corrected chi connectivity index (χ2v) is 4.15. The molecule has 0 radical (unpaired) electrons. The Labute approximate surface area is 118 Å². The van der Waals surface area contributed by atoms with Gasteiger partial charge in [-0.15, -0.1) is 0 Å². The molecule has 2 aromatic carbocycles. The molecule has 0 atom stereocenters. The highest BCUT2D eigenvalue weighted by atomic mass is 19.4. The maximum absolute atomic E-state index is 12.7. The highest BCUT2D eigenvalue weighted by Gasteiger charge is 2.45. The molecule has 21 heavy (non-hydrogen) atoms. The first kappa shape index (κ1) is 14.8. The van der Waals surface area contributed by atoms with Crippen LogP contribution in [-0.4, -0.2) is 18.0 Å². The van der Waals surface area contributed by atoms with Crippen molar-refractivity contribution < 1.29 is 22.8 Å². The number of alkyl halides is 3. The van der Waals surface area contributed by atoms with E-state index in [1.54, 1.807) is 12.1 Å². The van der Waals surface area contributed by atoms with E-state index in [0.29, 0.717) is 0 Å². The van der Waals surface area contributed by atoms with Gasteiger partial charge in [-0.2, -0.15) is 13.2 Å². The molecule has 3 nitrogen and oxygen atoms in total. The van der Waals surface area contributed by atoms with Gasteiger partial charge in [0.15, 0.2) is 0 Å². The minimum absolute atomic E-state index is 0.000969. The van der Waals surface area contributed by atoms with Gasteiger partial charge in [0, 0.05) is 5.56 Å². The fraction of sp³-hybridized carbons (Fsp3) is 0.0667. The van der Waals surface area contributed by atoms with Gasteiger partial charge < -0.3 is 0 Å². The first-order chi connectivity index (χ1) is 9.91. The number of nitrogens with zero attached hydrogens (tertiary/aromatic N) is 1. The Morgan fingerprint density at radius 2 is 1.29 bits per heavy atom. The molecule has 0 aliphatic rings. The first-order valence-corrected chi connectivity index (χ1v) is 5.97. The summed E-state index contributed by atoms with van der Waals surface area (Å²) in [6, 6.07) is 14.3. The highest BCUT2D eigenvalue weighted by Crippen LogP contribution is 2.25. The number of carbonyl (C=O) groups excluding carboxylic acids is 2. The van der Waals surface area contributed by atoms with Crippen molar-refractivity contribution in [1.29, 1.82) is 0 Å². The van der Waals surface area contributed by atoms with Crippen LogP contribution >= 0.6 is 0 Å². The number of para-hydroxylation sites is 1. The average molecular weight is 293 g/mol. The number of rotatable bonds is 2. The van der Waals surface area contributed by atoms with Crippen molar-refractivity contribution in [2.75, 3.05) is 4.90 Å². The minimum atomic E-state index is -5.14. The molecule has 0 fully saturated rings. The number of halogens is 3. The van der Waals surface area contributed by atoms with Gasteiger partial charge in [0.25, 0.3) is 5.91 Å². The van der Waals surface area contributed by atoms with E-state index in [-0.39, 0.29) is 16.2 Å². The number of hydrogen-bond acceptors (Lipinski definition) is 2. The van der Waals surface area contributed by atoms with Crippen molar-refractivity contribution in [3.8, 4) is 0 Å². The summed E-state index contributed by atoms with van der Waals surface area (Å²) < 4.78 is 38.2. The summed E-state index contributed by atoms with van der Waals surface area (Å²) >= 11 is 0. The van der Waals surface area contributed by atoms with Gasteiger partial charge in [0.1, 0.15) is 0 Å². The largest absolute Gasteiger partial charge is 0.472 e. The third-order valence-corrected chi connectivity index (χ3v) is 2.68. The van der Waals surface area contributed by atoms with Crippen LogP contribution in [0, 0.1) is 0 Å². The molecule has 6 heteroatoms. The Balaban J connectivity index is 2.47. The van der Waals surface area contributed by atoms with Gasteiger partial charge in [-0.05, 0) is 24.3 Å². The Hall–Kier alpha value is -2.63. The predicted molar refractivity (Wildman–Crippen MR) is 70.8 cm³/mol. The van der Waals surface area contributed by atoms with Gasteiger partial charge in [-0.25, -0.2) is 4.90 Å². The smallest absolute Gasteiger partial charge is 0.268 e. The van der Waals surface area contributed by atoms with E-state index in [4.69, 9.17) is 0 Å². The van der Waals surface area contributed by atoms with Crippen LogP contribution in [0.3, 0.4) is 0 Å². The van der Waals surface area contributed by atoms with Crippen LogP contribution in [0.4, 0.5) is 18.9 Å². The number of amides is 2. The molecule has 0 aliphatic carbocycles. The summed E-state index contributed by atoms with van der Waals surface area (Å²) in [5, 5.41) is 0. The van der Waals surface area contributed by atoms with Crippen LogP contribution in [0.5, 0.6) is 0 Å². The second kappa shape index (κ2) is 5.78. The molecule has 2 aromatic rings. The second-order valence-electron chi connectivity index (χ2n) is 4.15. The van der Waals surface area contributed by atoms with Crippen LogP contribution in [0.2, 0.25) is 0 Å². The van der Waals surface area contributed by atoms with E-state index >= 15 is 0 Å². The zero-order chi connectivity index (χ0) is 15.5. The lowest BCUT2D eigenvalue weighted by atomic mass is 10.1. The van der Waals surface area contributed by atoms with Gasteiger partial charge in [-0.3, -0.25) is 9.59 Å². The lowest BCUT2D eigenvalue weighted by molar-refractivity contribution is -0.169. The van der Waals surface area contributed by atoms with Crippen molar-refractivity contribution in [2.45, 2.75) is 6.18 Å². The third-order valence-electron chi connectivity index (χ3n) is 2.68. The fourth-order valence-electron chi connectivity index (χ4n) is 1.74. The van der Waals surface area contributed by atoms with Crippen LogP contribution in [0.1, 0.15) is 10.4 Å². The van der Waals surface area contributed by atoms with Crippen molar-refractivity contribution in [2.24, 2.45) is 0 Å². The summed E-state index contributed by atoms with van der Waals surface area (Å²) in [6.45, 7) is 0. The minimum Gasteiger partial charge on any atom is -0.268 e. The molecular formula is C15H10F3NO2. The Morgan fingerprint density at radius 3 is 1.76 bits per heavy atom. The Morgan fingerprint density at radius 1 is 0.810 bits per heavy atom. The summed E-state index contributed by atoms with van der Waals surface area (Å²) in [7, 11) is 0. The topological polar surface area (TPSA) is 37.4 Å². The van der Waals surface area contributed by atoms with Gasteiger partial charge in [0.2, 0.25) is 0 Å². The predicted octanol–water partition coefficient (Wildman–Crippen LogP) is 3.42. The molecule has 2 rings (SSSR count). The highest BCUT2D eigenvalue weighted by molar-refractivity contribution is 6.22. The first-order valence-electron chi connectivity index (χ1n) is 5.97. The zero-order valence-electron chi connectivity index (χ0n) is 10.7. The molecule has 2 amide bonds. The van der Waals surface area contributed by atoms with E-state index in [1.807, 2.05) is 0 Å². The number of imide groups is 1. The Kier molecular flexibility index (Phi) is 4.07. The molecule has 0 aromatic heterocycles. The molecule has 108 valence electrons.